The molecule has 4 fully saturated rings. The first kappa shape index (κ1) is 37.6. The lowest BCUT2D eigenvalue weighted by atomic mass is 9.81. The summed E-state index contributed by atoms with van der Waals surface area (Å²) in [7, 11) is 4.34. The molecule has 0 aromatic carbocycles. The number of ether oxygens (including phenoxy) is 5. The Bertz CT molecular complexity index is 944. The molecule has 4 rings (SSSR count). The lowest BCUT2D eigenvalue weighted by Gasteiger charge is -2.38. The van der Waals surface area contributed by atoms with Crippen LogP contribution in [0, 0.1) is 23.7 Å². The van der Waals surface area contributed by atoms with Gasteiger partial charge in [-0.25, -0.2) is 0 Å². The fourth-order valence-electron chi connectivity index (χ4n) is 9.00. The summed E-state index contributed by atoms with van der Waals surface area (Å²) in [6.45, 7) is 12.9. The molecule has 0 spiro atoms. The largest absolute Gasteiger partial charge is 0.462 e. The van der Waals surface area contributed by atoms with E-state index in [1.165, 1.54) is 6.42 Å². The molecule has 0 aromatic rings. The molecule has 0 amide bonds. The topological polar surface area (TPSA) is 83.5 Å². The Morgan fingerprint density at radius 2 is 1.39 bits per heavy atom. The van der Waals surface area contributed by atoms with Crippen molar-refractivity contribution in [1.29, 1.82) is 0 Å². The molecule has 8 nitrogen and oxygen atoms in total. The Morgan fingerprint density at radius 1 is 0.739 bits per heavy atom. The van der Waals surface area contributed by atoms with E-state index in [9.17, 15) is 9.59 Å². The highest BCUT2D eigenvalue weighted by molar-refractivity contribution is 5.74. The maximum absolute atomic E-state index is 14.1. The molecule has 0 saturated carbocycles. The van der Waals surface area contributed by atoms with Gasteiger partial charge in [0.1, 0.15) is 12.2 Å². The van der Waals surface area contributed by atoms with Gasteiger partial charge in [0, 0.05) is 24.3 Å². The summed E-state index contributed by atoms with van der Waals surface area (Å²) in [6.07, 6.45) is 12.7. The Labute approximate surface area is 280 Å². The van der Waals surface area contributed by atoms with Crippen LogP contribution in [0.5, 0.6) is 0 Å². The average Bonchev–Trinajstić information content (AvgIpc) is 3.79. The number of fused-ring (bicyclic) bond motifs is 4. The molecule has 0 N–H and O–H groups in total. The van der Waals surface area contributed by atoms with Gasteiger partial charge >= 0.3 is 11.9 Å². The summed E-state index contributed by atoms with van der Waals surface area (Å²) in [5.41, 5.74) is 0. The third-order valence-electron chi connectivity index (χ3n) is 11.8. The van der Waals surface area contributed by atoms with Gasteiger partial charge in [-0.15, -0.1) is 0 Å². The van der Waals surface area contributed by atoms with E-state index in [0.29, 0.717) is 25.3 Å². The molecule has 0 aliphatic carbocycles. The SMILES string of the molecule is CCCC1CC2CCC(O2)C(CC)C(=O)OC(C(CC)C2CCC(CC(CCC)N(C)C)O2)C(C)C2CCC(O2)C(CC)C(=O)O1. The van der Waals surface area contributed by atoms with Gasteiger partial charge < -0.3 is 28.6 Å². The molecule has 0 aromatic heterocycles. The molecule has 4 aliphatic rings. The van der Waals surface area contributed by atoms with Crippen LogP contribution in [-0.4, -0.2) is 85.8 Å². The molecule has 0 radical (unpaired) electrons. The third-order valence-corrected chi connectivity index (χ3v) is 11.8. The first-order valence-electron chi connectivity index (χ1n) is 19.2. The van der Waals surface area contributed by atoms with Crippen molar-refractivity contribution in [2.45, 2.75) is 193 Å². The van der Waals surface area contributed by atoms with Gasteiger partial charge in [0.25, 0.3) is 0 Å². The zero-order chi connectivity index (χ0) is 33.4. The number of carbonyl (C=O) groups excluding carboxylic acids is 2. The minimum Gasteiger partial charge on any atom is -0.462 e. The zero-order valence-corrected chi connectivity index (χ0v) is 30.4. The van der Waals surface area contributed by atoms with Crippen LogP contribution in [0.1, 0.15) is 138 Å². The molecule has 4 heterocycles. The minimum absolute atomic E-state index is 0.0167. The lowest BCUT2D eigenvalue weighted by Crippen LogP contribution is -2.45. The van der Waals surface area contributed by atoms with E-state index >= 15 is 0 Å². The summed E-state index contributed by atoms with van der Waals surface area (Å²) in [6, 6.07) is 0.507. The number of hydrogen-bond acceptors (Lipinski definition) is 8. The lowest BCUT2D eigenvalue weighted by molar-refractivity contribution is -0.177. The highest BCUT2D eigenvalue weighted by Crippen LogP contribution is 2.41. The third kappa shape index (κ3) is 9.26. The zero-order valence-electron chi connectivity index (χ0n) is 30.4. The van der Waals surface area contributed by atoms with Crippen molar-refractivity contribution in [2.75, 3.05) is 14.1 Å². The Morgan fingerprint density at radius 3 is 2.02 bits per heavy atom. The quantitative estimate of drug-likeness (QED) is 0.201. The molecule has 46 heavy (non-hydrogen) atoms. The summed E-state index contributed by atoms with van der Waals surface area (Å²) in [5.74, 6) is -0.831. The predicted molar refractivity (Wildman–Crippen MR) is 180 cm³/mol. The maximum atomic E-state index is 14.1. The molecule has 266 valence electrons. The normalized spacial score (nSPS) is 38.9. The van der Waals surface area contributed by atoms with E-state index in [4.69, 9.17) is 23.7 Å². The summed E-state index contributed by atoms with van der Waals surface area (Å²) < 4.78 is 33.0. The Hall–Kier alpha value is -1.22. The van der Waals surface area contributed by atoms with Crippen LogP contribution in [0.4, 0.5) is 0 Å². The highest BCUT2D eigenvalue weighted by Gasteiger charge is 2.47. The number of cyclic esters (lactones) is 2. The standard InChI is InChI=1S/C38H67NO7/c1-9-14-25(39(7)8)22-27-16-18-33(42-27)29(11-3)36-24(6)32-20-21-35(45-32)31(13-5)37(40)44-26(15-10-2)23-28-17-19-34(43-28)30(12-4)38(41)46-36/h24-36H,9-23H2,1-8H3. The van der Waals surface area contributed by atoms with Gasteiger partial charge in [-0.1, -0.05) is 54.4 Å². The van der Waals surface area contributed by atoms with Crippen LogP contribution in [0.25, 0.3) is 0 Å². The highest BCUT2D eigenvalue weighted by atomic mass is 16.6. The number of rotatable bonds is 12. The van der Waals surface area contributed by atoms with E-state index in [-0.39, 0.29) is 84.4 Å². The van der Waals surface area contributed by atoms with Crippen molar-refractivity contribution in [1.82, 2.24) is 4.90 Å². The monoisotopic (exact) mass is 649 g/mol. The second-order valence-electron chi connectivity index (χ2n) is 15.1. The van der Waals surface area contributed by atoms with Crippen molar-refractivity contribution >= 4 is 11.9 Å². The van der Waals surface area contributed by atoms with Crippen LogP contribution in [0.2, 0.25) is 0 Å². The van der Waals surface area contributed by atoms with Crippen LogP contribution < -0.4 is 0 Å². The number of carbonyl (C=O) groups is 2. The average molecular weight is 650 g/mol. The number of hydrogen-bond donors (Lipinski definition) is 0. The molecule has 13 atom stereocenters. The Kier molecular flexibility index (Phi) is 14.7. The van der Waals surface area contributed by atoms with E-state index in [2.05, 4.69) is 60.5 Å². The summed E-state index contributed by atoms with van der Waals surface area (Å²) >= 11 is 0. The van der Waals surface area contributed by atoms with Gasteiger partial charge in [0.15, 0.2) is 0 Å². The van der Waals surface area contributed by atoms with Crippen molar-refractivity contribution in [3.05, 3.63) is 0 Å². The number of esters is 2. The van der Waals surface area contributed by atoms with Crippen LogP contribution in [0.3, 0.4) is 0 Å². The van der Waals surface area contributed by atoms with Gasteiger partial charge in [0.05, 0.1) is 48.5 Å². The first-order chi connectivity index (χ1) is 22.1. The van der Waals surface area contributed by atoms with Gasteiger partial charge in [-0.3, -0.25) is 9.59 Å². The van der Waals surface area contributed by atoms with Crippen molar-refractivity contribution in [3.63, 3.8) is 0 Å². The van der Waals surface area contributed by atoms with Crippen LogP contribution in [-0.2, 0) is 33.3 Å². The van der Waals surface area contributed by atoms with E-state index in [0.717, 1.165) is 70.6 Å². The van der Waals surface area contributed by atoms with E-state index in [1.807, 2.05) is 0 Å². The van der Waals surface area contributed by atoms with E-state index in [1.54, 1.807) is 0 Å². The van der Waals surface area contributed by atoms with Crippen LogP contribution in [0.15, 0.2) is 0 Å². The van der Waals surface area contributed by atoms with Crippen molar-refractivity contribution < 1.29 is 33.3 Å². The van der Waals surface area contributed by atoms with Crippen molar-refractivity contribution in [3.8, 4) is 0 Å². The fraction of sp³-hybridized carbons (Fsp3) is 0.947. The maximum Gasteiger partial charge on any atom is 0.311 e. The molecule has 4 aliphatic heterocycles. The van der Waals surface area contributed by atoms with Gasteiger partial charge in [0.2, 0.25) is 0 Å². The second kappa shape index (κ2) is 18.0. The smallest absolute Gasteiger partial charge is 0.311 e. The second-order valence-corrected chi connectivity index (χ2v) is 15.1. The molecular weight excluding hydrogens is 582 g/mol. The first-order valence-corrected chi connectivity index (χ1v) is 19.2. The molecule has 13 unspecified atom stereocenters. The molecule has 4 saturated heterocycles. The van der Waals surface area contributed by atoms with Crippen LogP contribution >= 0.6 is 0 Å². The summed E-state index contributed by atoms with van der Waals surface area (Å²) in [4.78, 5) is 30.1. The number of nitrogens with zero attached hydrogens (tertiary/aromatic N) is 1. The summed E-state index contributed by atoms with van der Waals surface area (Å²) in [5, 5.41) is 0. The van der Waals surface area contributed by atoms with Gasteiger partial charge in [-0.2, -0.15) is 0 Å². The van der Waals surface area contributed by atoms with E-state index < -0.39 is 0 Å². The van der Waals surface area contributed by atoms with Gasteiger partial charge in [-0.05, 0) is 91.1 Å². The van der Waals surface area contributed by atoms with Crippen molar-refractivity contribution in [2.24, 2.45) is 23.7 Å². The molecule has 8 heteroatoms. The molecule has 4 bridgehead atoms. The Balaban J connectivity index is 1.59. The predicted octanol–water partition coefficient (Wildman–Crippen LogP) is 7.49. The fourth-order valence-corrected chi connectivity index (χ4v) is 9.00. The minimum atomic E-state index is -0.328. The molecular formula is C38H67NO7.